The second-order valence-electron chi connectivity index (χ2n) is 7.36. The van der Waals surface area contributed by atoms with Crippen molar-refractivity contribution < 1.29 is 0 Å². The first kappa shape index (κ1) is 20.1. The van der Waals surface area contributed by atoms with Crippen LogP contribution in [0.1, 0.15) is 24.0 Å². The summed E-state index contributed by atoms with van der Waals surface area (Å²) in [5.41, 5.74) is 3.40. The Morgan fingerprint density at radius 2 is 1.89 bits per heavy atom. The number of likely N-dealkylation sites (tertiary alicyclic amines) is 1. The molecule has 5 heteroatoms. The smallest absolute Gasteiger partial charge is 0.173 e. The van der Waals surface area contributed by atoms with Crippen LogP contribution in [0.3, 0.4) is 0 Å². The van der Waals surface area contributed by atoms with Gasteiger partial charge in [-0.3, -0.25) is 0 Å². The number of nitrogens with zero attached hydrogens (tertiary/aromatic N) is 2. The van der Waals surface area contributed by atoms with E-state index < -0.39 is 0 Å². The Balaban J connectivity index is 1.71. The lowest BCUT2D eigenvalue weighted by atomic mass is 10.0. The van der Waals surface area contributed by atoms with E-state index in [1.165, 1.54) is 5.56 Å². The molecule has 1 heterocycles. The van der Waals surface area contributed by atoms with E-state index in [-0.39, 0.29) is 0 Å². The summed E-state index contributed by atoms with van der Waals surface area (Å²) in [6.07, 6.45) is 3.29. The highest BCUT2D eigenvalue weighted by Gasteiger charge is 2.25. The predicted octanol–water partition coefficient (Wildman–Crippen LogP) is 4.98. The molecule has 3 nitrogen and oxygen atoms in total. The Kier molecular flexibility index (Phi) is 7.11. The molecule has 0 aliphatic carbocycles. The number of hydrogen-bond acceptors (Lipinski definition) is 2. The number of piperidine rings is 1. The molecule has 0 spiro atoms. The van der Waals surface area contributed by atoms with Gasteiger partial charge in [0.15, 0.2) is 5.11 Å². The molecule has 3 rings (SSSR count). The van der Waals surface area contributed by atoms with Crippen LogP contribution in [0.2, 0.25) is 5.02 Å². The normalized spacial score (nSPS) is 15.5. The molecule has 2 aromatic carbocycles. The number of halogens is 1. The second-order valence-corrected chi connectivity index (χ2v) is 8.15. The Morgan fingerprint density at radius 3 is 2.56 bits per heavy atom. The largest absolute Gasteiger partial charge is 0.346 e. The summed E-state index contributed by atoms with van der Waals surface area (Å²) in [6.45, 7) is 5.18. The van der Waals surface area contributed by atoms with Gasteiger partial charge in [0.2, 0.25) is 0 Å². The van der Waals surface area contributed by atoms with Crippen LogP contribution < -0.4 is 5.32 Å². The van der Waals surface area contributed by atoms with E-state index in [9.17, 15) is 0 Å². The third-order valence-electron chi connectivity index (χ3n) is 5.28. The fourth-order valence-electron chi connectivity index (χ4n) is 3.57. The summed E-state index contributed by atoms with van der Waals surface area (Å²) >= 11 is 12.0. The van der Waals surface area contributed by atoms with Gasteiger partial charge in [0.25, 0.3) is 0 Å². The van der Waals surface area contributed by atoms with E-state index in [0.29, 0.717) is 6.04 Å². The van der Waals surface area contributed by atoms with Gasteiger partial charge in [0.05, 0.1) is 0 Å². The number of nitrogens with one attached hydrogen (secondary N) is 1. The van der Waals surface area contributed by atoms with E-state index in [2.05, 4.69) is 58.6 Å². The number of hydrogen-bond donors (Lipinski definition) is 1. The highest BCUT2D eigenvalue weighted by Crippen LogP contribution is 2.22. The number of anilines is 1. The van der Waals surface area contributed by atoms with Crippen LogP contribution in [0.5, 0.6) is 0 Å². The van der Waals surface area contributed by atoms with Crippen LogP contribution >= 0.6 is 23.8 Å². The van der Waals surface area contributed by atoms with Crippen molar-refractivity contribution in [1.29, 1.82) is 0 Å². The maximum atomic E-state index is 6.16. The van der Waals surface area contributed by atoms with Crippen molar-refractivity contribution in [3.63, 3.8) is 0 Å². The first-order valence-electron chi connectivity index (χ1n) is 9.59. The molecule has 0 unspecified atom stereocenters. The number of thiocarbonyl (C=S) groups is 1. The quantitative estimate of drug-likeness (QED) is 0.711. The van der Waals surface area contributed by atoms with Gasteiger partial charge in [-0.1, -0.05) is 41.9 Å². The van der Waals surface area contributed by atoms with Crippen molar-refractivity contribution in [2.75, 3.05) is 32.0 Å². The van der Waals surface area contributed by atoms with Crippen LogP contribution in [0.15, 0.2) is 48.5 Å². The SMILES string of the molecule is Cc1cc(NC(=S)N(CCc2ccccc2)C2CCN(C)CC2)ccc1Cl. The Bertz CT molecular complexity index is 757. The van der Waals surface area contributed by atoms with E-state index in [1.807, 2.05) is 19.1 Å². The molecule has 0 bridgehead atoms. The third kappa shape index (κ3) is 5.68. The summed E-state index contributed by atoms with van der Waals surface area (Å²) in [7, 11) is 2.19. The number of aryl methyl sites for hydroxylation is 1. The van der Waals surface area contributed by atoms with Crippen molar-refractivity contribution in [1.82, 2.24) is 9.80 Å². The van der Waals surface area contributed by atoms with Gasteiger partial charge in [-0.25, -0.2) is 0 Å². The van der Waals surface area contributed by atoms with Crippen LogP contribution in [-0.2, 0) is 6.42 Å². The monoisotopic (exact) mass is 401 g/mol. The average Bonchev–Trinajstić information content (AvgIpc) is 2.67. The molecule has 1 aliphatic heterocycles. The first-order chi connectivity index (χ1) is 13.0. The minimum Gasteiger partial charge on any atom is -0.346 e. The molecular weight excluding hydrogens is 374 g/mol. The van der Waals surface area contributed by atoms with Gasteiger partial charge in [-0.15, -0.1) is 0 Å². The average molecular weight is 402 g/mol. The lowest BCUT2D eigenvalue weighted by Gasteiger charge is -2.39. The summed E-state index contributed by atoms with van der Waals surface area (Å²) in [4.78, 5) is 4.78. The summed E-state index contributed by atoms with van der Waals surface area (Å²) in [5, 5.41) is 5.03. The maximum Gasteiger partial charge on any atom is 0.173 e. The molecule has 0 saturated carbocycles. The second kappa shape index (κ2) is 9.54. The summed E-state index contributed by atoms with van der Waals surface area (Å²) in [5.74, 6) is 0. The van der Waals surface area contributed by atoms with Gasteiger partial charge < -0.3 is 15.1 Å². The lowest BCUT2D eigenvalue weighted by Crippen LogP contribution is -2.48. The fourth-order valence-corrected chi connectivity index (χ4v) is 4.04. The number of benzene rings is 2. The standard InChI is InChI=1S/C22H28ClN3S/c1-17-16-19(8-9-21(17)23)24-22(27)26(20-11-13-25(2)14-12-20)15-10-18-6-4-3-5-7-18/h3-9,16,20H,10-15H2,1-2H3,(H,24,27). The topological polar surface area (TPSA) is 18.5 Å². The number of rotatable bonds is 5. The minimum absolute atomic E-state index is 0.485. The van der Waals surface area contributed by atoms with Crippen molar-refractivity contribution in [3.8, 4) is 0 Å². The molecule has 1 aliphatic rings. The van der Waals surface area contributed by atoms with Crippen LogP contribution in [-0.4, -0.2) is 47.6 Å². The molecular formula is C22H28ClN3S. The third-order valence-corrected chi connectivity index (χ3v) is 6.04. The minimum atomic E-state index is 0.485. The molecule has 144 valence electrons. The highest BCUT2D eigenvalue weighted by atomic mass is 35.5. The Hall–Kier alpha value is -1.62. The van der Waals surface area contributed by atoms with E-state index in [1.54, 1.807) is 0 Å². The summed E-state index contributed by atoms with van der Waals surface area (Å²) in [6, 6.07) is 17.1. The van der Waals surface area contributed by atoms with Gasteiger partial charge in [0, 0.05) is 23.3 Å². The first-order valence-corrected chi connectivity index (χ1v) is 10.4. The molecule has 0 atom stereocenters. The fraction of sp³-hybridized carbons (Fsp3) is 0.409. The zero-order chi connectivity index (χ0) is 19.2. The predicted molar refractivity (Wildman–Crippen MR) is 120 cm³/mol. The molecule has 1 fully saturated rings. The molecule has 1 saturated heterocycles. The molecule has 2 aromatic rings. The molecule has 0 radical (unpaired) electrons. The molecule has 27 heavy (non-hydrogen) atoms. The van der Waals surface area contributed by atoms with Crippen molar-refractivity contribution in [3.05, 3.63) is 64.7 Å². The Labute approximate surface area is 173 Å². The van der Waals surface area contributed by atoms with E-state index >= 15 is 0 Å². The highest BCUT2D eigenvalue weighted by molar-refractivity contribution is 7.80. The molecule has 1 N–H and O–H groups in total. The van der Waals surface area contributed by atoms with Crippen LogP contribution in [0, 0.1) is 6.92 Å². The van der Waals surface area contributed by atoms with Gasteiger partial charge in [-0.2, -0.15) is 0 Å². The summed E-state index contributed by atoms with van der Waals surface area (Å²) < 4.78 is 0. The van der Waals surface area contributed by atoms with Gasteiger partial charge in [0.1, 0.15) is 0 Å². The van der Waals surface area contributed by atoms with Crippen LogP contribution in [0.4, 0.5) is 5.69 Å². The van der Waals surface area contributed by atoms with Gasteiger partial charge in [-0.05, 0) is 87.9 Å². The van der Waals surface area contributed by atoms with E-state index in [4.69, 9.17) is 23.8 Å². The van der Waals surface area contributed by atoms with Crippen molar-refractivity contribution in [2.24, 2.45) is 0 Å². The van der Waals surface area contributed by atoms with Crippen molar-refractivity contribution >= 4 is 34.6 Å². The van der Waals surface area contributed by atoms with E-state index in [0.717, 1.165) is 60.3 Å². The lowest BCUT2D eigenvalue weighted by molar-refractivity contribution is 0.178. The maximum absolute atomic E-state index is 6.16. The van der Waals surface area contributed by atoms with Crippen molar-refractivity contribution in [2.45, 2.75) is 32.2 Å². The van der Waals surface area contributed by atoms with Crippen LogP contribution in [0.25, 0.3) is 0 Å². The zero-order valence-corrected chi connectivity index (χ0v) is 17.7. The Morgan fingerprint density at radius 1 is 1.19 bits per heavy atom. The molecule has 0 aromatic heterocycles. The zero-order valence-electron chi connectivity index (χ0n) is 16.1. The van der Waals surface area contributed by atoms with Gasteiger partial charge >= 0.3 is 0 Å². The molecule has 0 amide bonds.